The fraction of sp³-hybridized carbons (Fsp3) is 0.933. The highest BCUT2D eigenvalue weighted by Gasteiger charge is 2.36. The Morgan fingerprint density at radius 3 is 2.45 bits per heavy atom. The lowest BCUT2D eigenvalue weighted by molar-refractivity contribution is -0.133. The Bertz CT molecular complexity index is 324. The van der Waals surface area contributed by atoms with Crippen LogP contribution < -0.4 is 5.32 Å². The van der Waals surface area contributed by atoms with Crippen LogP contribution in [0.1, 0.15) is 44.9 Å². The van der Waals surface area contributed by atoms with Crippen LogP contribution in [0, 0.1) is 5.92 Å². The van der Waals surface area contributed by atoms with Crippen LogP contribution in [0.3, 0.4) is 0 Å². The summed E-state index contributed by atoms with van der Waals surface area (Å²) in [7, 11) is 1.97. The number of nitrogens with zero attached hydrogens (tertiary/aromatic N) is 1. The minimum Gasteiger partial charge on any atom is -0.381 e. The molecule has 3 fully saturated rings. The van der Waals surface area contributed by atoms with Crippen molar-refractivity contribution in [2.45, 2.75) is 63.1 Å². The molecule has 116 valence electrons. The maximum absolute atomic E-state index is 12.2. The van der Waals surface area contributed by atoms with Gasteiger partial charge in [-0.1, -0.05) is 0 Å². The normalized spacial score (nSPS) is 31.8. The fourth-order valence-corrected chi connectivity index (χ4v) is 3.42. The van der Waals surface area contributed by atoms with Crippen molar-refractivity contribution >= 4 is 18.3 Å². The molecule has 2 bridgehead atoms. The van der Waals surface area contributed by atoms with Gasteiger partial charge in [0.1, 0.15) is 0 Å². The molecule has 4 nitrogen and oxygen atoms in total. The summed E-state index contributed by atoms with van der Waals surface area (Å²) in [6.07, 6.45) is 7.99. The van der Waals surface area contributed by atoms with Crippen LogP contribution in [0.25, 0.3) is 0 Å². The van der Waals surface area contributed by atoms with Crippen LogP contribution >= 0.6 is 12.4 Å². The maximum atomic E-state index is 12.2. The van der Waals surface area contributed by atoms with Gasteiger partial charge in [0, 0.05) is 31.8 Å². The first-order valence-corrected chi connectivity index (χ1v) is 7.82. The summed E-state index contributed by atoms with van der Waals surface area (Å²) in [6.45, 7) is 1.45. The second-order valence-corrected chi connectivity index (χ2v) is 6.54. The van der Waals surface area contributed by atoms with E-state index in [0.717, 1.165) is 25.4 Å². The Morgan fingerprint density at radius 1 is 1.20 bits per heavy atom. The average molecular weight is 303 g/mol. The van der Waals surface area contributed by atoms with Gasteiger partial charge in [0.2, 0.25) is 5.91 Å². The number of rotatable bonds is 6. The van der Waals surface area contributed by atoms with Gasteiger partial charge in [-0.05, 0) is 44.4 Å². The first-order chi connectivity index (χ1) is 9.22. The summed E-state index contributed by atoms with van der Waals surface area (Å²) in [5, 5.41) is 3.62. The molecule has 1 saturated carbocycles. The molecule has 1 N–H and O–H groups in total. The summed E-state index contributed by atoms with van der Waals surface area (Å²) >= 11 is 0. The summed E-state index contributed by atoms with van der Waals surface area (Å²) in [6, 6.07) is 1.73. The number of carbonyl (C=O) groups is 1. The van der Waals surface area contributed by atoms with E-state index in [0.29, 0.717) is 31.2 Å². The van der Waals surface area contributed by atoms with Crippen molar-refractivity contribution < 1.29 is 9.53 Å². The maximum Gasteiger partial charge on any atom is 0.224 e. The quantitative estimate of drug-likeness (QED) is 0.763. The highest BCUT2D eigenvalue weighted by molar-refractivity contribution is 5.85. The molecule has 2 heterocycles. The van der Waals surface area contributed by atoms with Gasteiger partial charge < -0.3 is 15.0 Å². The second-order valence-electron chi connectivity index (χ2n) is 6.54. The van der Waals surface area contributed by atoms with Crippen molar-refractivity contribution in [2.75, 3.05) is 20.3 Å². The molecule has 0 radical (unpaired) electrons. The van der Waals surface area contributed by atoms with Crippen LogP contribution in [-0.2, 0) is 9.53 Å². The smallest absolute Gasteiger partial charge is 0.224 e. The molecule has 2 unspecified atom stereocenters. The van der Waals surface area contributed by atoms with Crippen molar-refractivity contribution in [3.8, 4) is 0 Å². The third-order valence-electron chi connectivity index (χ3n) is 4.90. The minimum absolute atomic E-state index is 0. The minimum atomic E-state index is 0. The highest BCUT2D eigenvalue weighted by Crippen LogP contribution is 2.30. The van der Waals surface area contributed by atoms with Gasteiger partial charge in [-0.15, -0.1) is 12.4 Å². The number of piperidine rings is 1. The van der Waals surface area contributed by atoms with E-state index in [-0.39, 0.29) is 18.3 Å². The Hall–Kier alpha value is -0.320. The van der Waals surface area contributed by atoms with Crippen LogP contribution in [0.15, 0.2) is 0 Å². The molecule has 2 saturated heterocycles. The van der Waals surface area contributed by atoms with Gasteiger partial charge in [-0.3, -0.25) is 4.79 Å². The topological polar surface area (TPSA) is 41.6 Å². The Labute approximate surface area is 128 Å². The number of hydrogen-bond acceptors (Lipinski definition) is 3. The molecule has 3 rings (SSSR count). The van der Waals surface area contributed by atoms with Crippen molar-refractivity contribution in [2.24, 2.45) is 5.92 Å². The lowest BCUT2D eigenvalue weighted by Crippen LogP contribution is -2.48. The van der Waals surface area contributed by atoms with E-state index in [9.17, 15) is 4.79 Å². The predicted octanol–water partition coefficient (Wildman–Crippen LogP) is 1.97. The first kappa shape index (κ1) is 16.1. The summed E-state index contributed by atoms with van der Waals surface area (Å²) in [5.74, 6) is 1.04. The van der Waals surface area contributed by atoms with Gasteiger partial charge in [0.15, 0.2) is 0 Å². The molecule has 0 aromatic carbocycles. The van der Waals surface area contributed by atoms with Crippen LogP contribution in [0.2, 0.25) is 0 Å². The highest BCUT2D eigenvalue weighted by atomic mass is 35.5. The van der Waals surface area contributed by atoms with E-state index in [1.54, 1.807) is 0 Å². The van der Waals surface area contributed by atoms with Crippen molar-refractivity contribution in [1.82, 2.24) is 10.2 Å². The van der Waals surface area contributed by atoms with E-state index >= 15 is 0 Å². The Kier molecular flexibility index (Phi) is 5.70. The molecule has 20 heavy (non-hydrogen) atoms. The number of carbonyl (C=O) groups excluding carboxylic acids is 1. The van der Waals surface area contributed by atoms with E-state index in [2.05, 4.69) is 5.32 Å². The van der Waals surface area contributed by atoms with Gasteiger partial charge >= 0.3 is 0 Å². The number of halogens is 1. The first-order valence-electron chi connectivity index (χ1n) is 7.82. The number of ether oxygens (including phenoxy) is 1. The number of amides is 1. The third-order valence-corrected chi connectivity index (χ3v) is 4.90. The molecule has 2 aliphatic heterocycles. The molecule has 0 aromatic heterocycles. The zero-order valence-electron chi connectivity index (χ0n) is 12.3. The lowest BCUT2D eigenvalue weighted by Gasteiger charge is -2.35. The van der Waals surface area contributed by atoms with Crippen LogP contribution in [-0.4, -0.2) is 49.2 Å². The third kappa shape index (κ3) is 4.09. The molecule has 1 aliphatic carbocycles. The summed E-state index contributed by atoms with van der Waals surface area (Å²) in [5.41, 5.74) is 0. The van der Waals surface area contributed by atoms with E-state index in [1.807, 2.05) is 11.9 Å². The molecule has 2 atom stereocenters. The SMILES string of the molecule is CN(C(=O)CCOCC1CC1)C1CC2CCC(C1)N2.Cl. The number of nitrogens with one attached hydrogen (secondary N) is 1. The van der Waals surface area contributed by atoms with Gasteiger partial charge in [-0.25, -0.2) is 0 Å². The number of fused-ring (bicyclic) bond motifs is 2. The summed E-state index contributed by atoms with van der Waals surface area (Å²) in [4.78, 5) is 14.1. The van der Waals surface area contributed by atoms with E-state index in [1.165, 1.54) is 25.7 Å². The zero-order chi connectivity index (χ0) is 13.2. The van der Waals surface area contributed by atoms with Crippen molar-refractivity contribution in [1.29, 1.82) is 0 Å². The standard InChI is InChI=1S/C15H26N2O2.ClH/c1-17(14-8-12-4-5-13(9-14)16-12)15(18)6-7-19-10-11-2-3-11;/h11-14,16H,2-10H2,1H3;1H. The predicted molar refractivity (Wildman–Crippen MR) is 81.1 cm³/mol. The molecule has 0 spiro atoms. The molecule has 5 heteroatoms. The van der Waals surface area contributed by atoms with Gasteiger partial charge in [0.25, 0.3) is 0 Å². The summed E-state index contributed by atoms with van der Waals surface area (Å²) < 4.78 is 5.56. The largest absolute Gasteiger partial charge is 0.381 e. The molecule has 3 aliphatic rings. The second kappa shape index (κ2) is 7.10. The van der Waals surface area contributed by atoms with Gasteiger partial charge in [0.05, 0.1) is 13.0 Å². The van der Waals surface area contributed by atoms with Gasteiger partial charge in [-0.2, -0.15) is 0 Å². The molecule has 0 aromatic rings. The van der Waals surface area contributed by atoms with Crippen molar-refractivity contribution in [3.05, 3.63) is 0 Å². The van der Waals surface area contributed by atoms with Crippen LogP contribution in [0.5, 0.6) is 0 Å². The number of hydrogen-bond donors (Lipinski definition) is 1. The molecule has 1 amide bonds. The average Bonchev–Trinajstić information content (AvgIpc) is 3.18. The fourth-order valence-electron chi connectivity index (χ4n) is 3.42. The van der Waals surface area contributed by atoms with Crippen LogP contribution in [0.4, 0.5) is 0 Å². The van der Waals surface area contributed by atoms with Crippen molar-refractivity contribution in [3.63, 3.8) is 0 Å². The lowest BCUT2D eigenvalue weighted by atomic mass is 9.98. The molecular weight excluding hydrogens is 276 g/mol. The monoisotopic (exact) mass is 302 g/mol. The zero-order valence-corrected chi connectivity index (χ0v) is 13.2. The van der Waals surface area contributed by atoms with E-state index in [4.69, 9.17) is 4.74 Å². The Morgan fingerprint density at radius 2 is 1.85 bits per heavy atom. The Balaban J connectivity index is 0.00000147. The van der Waals surface area contributed by atoms with E-state index < -0.39 is 0 Å². The molecular formula is C15H27ClN2O2.